The molecule has 0 spiro atoms. The maximum absolute atomic E-state index is 11.9. The smallest absolute Gasteiger partial charge is 0.404 e. The van der Waals surface area contributed by atoms with Crippen molar-refractivity contribution in [1.82, 2.24) is 5.32 Å². The Morgan fingerprint density at radius 2 is 1.80 bits per heavy atom. The lowest BCUT2D eigenvalue weighted by Crippen LogP contribution is -2.46. The van der Waals surface area contributed by atoms with E-state index < -0.39 is 29.7 Å². The van der Waals surface area contributed by atoms with Crippen molar-refractivity contribution in [2.24, 2.45) is 5.92 Å². The van der Waals surface area contributed by atoms with Crippen molar-refractivity contribution in [2.45, 2.75) is 51.4 Å². The molecule has 0 saturated carbocycles. The van der Waals surface area contributed by atoms with Gasteiger partial charge in [0.2, 0.25) is 0 Å². The summed E-state index contributed by atoms with van der Waals surface area (Å²) in [5, 5.41) is 11.5. The predicted octanol–water partition coefficient (Wildman–Crippen LogP) is 2.49. The number of esters is 2. The van der Waals surface area contributed by atoms with Gasteiger partial charge < -0.3 is 19.9 Å². The van der Waals surface area contributed by atoms with Gasteiger partial charge in [0.15, 0.2) is 5.92 Å². The zero-order valence-corrected chi connectivity index (χ0v) is 14.4. The summed E-state index contributed by atoms with van der Waals surface area (Å²) >= 11 is 0. The van der Waals surface area contributed by atoms with Crippen LogP contribution in [0.3, 0.4) is 0 Å². The first-order valence-corrected chi connectivity index (χ1v) is 8.26. The summed E-state index contributed by atoms with van der Waals surface area (Å²) in [5.74, 6) is -3.36. The largest absolute Gasteiger partial charge is 0.465 e. The van der Waals surface area contributed by atoms with Crippen LogP contribution < -0.4 is 5.32 Å². The van der Waals surface area contributed by atoms with Gasteiger partial charge in [-0.2, -0.15) is 0 Å². The molecule has 1 unspecified atom stereocenters. The zero-order chi connectivity index (χ0) is 18.4. The van der Waals surface area contributed by atoms with Crippen molar-refractivity contribution in [2.75, 3.05) is 0 Å². The Labute approximate surface area is 146 Å². The van der Waals surface area contributed by atoms with Crippen LogP contribution in [0.15, 0.2) is 30.3 Å². The lowest BCUT2D eigenvalue weighted by Gasteiger charge is -2.33. The normalized spacial score (nSPS) is 18.2. The highest BCUT2D eigenvalue weighted by Gasteiger charge is 2.42. The first-order valence-electron chi connectivity index (χ1n) is 8.26. The molecule has 0 aliphatic carbocycles. The van der Waals surface area contributed by atoms with Gasteiger partial charge in [-0.25, -0.2) is 4.79 Å². The Balaban J connectivity index is 1.89. The number of carboxylic acid groups (broad SMARTS) is 1. The van der Waals surface area contributed by atoms with Crippen LogP contribution in [0.4, 0.5) is 4.79 Å². The molecule has 2 rings (SSSR count). The van der Waals surface area contributed by atoms with E-state index in [1.165, 1.54) is 13.8 Å². The molecular weight excluding hydrogens is 326 g/mol. The third kappa shape index (κ3) is 5.77. The molecule has 1 amide bonds. The first kappa shape index (κ1) is 18.8. The SMILES string of the molecule is CC1(C)OC(=O)C(CCCC(Cc2ccccc2)NC(=O)O)C(=O)O1. The molecule has 1 aromatic rings. The molecule has 1 atom stereocenters. The van der Waals surface area contributed by atoms with Gasteiger partial charge in [-0.15, -0.1) is 0 Å². The van der Waals surface area contributed by atoms with Crippen molar-refractivity contribution < 1.29 is 29.0 Å². The van der Waals surface area contributed by atoms with Crippen LogP contribution in [-0.4, -0.2) is 35.0 Å². The molecule has 1 heterocycles. The van der Waals surface area contributed by atoms with E-state index in [0.717, 1.165) is 5.56 Å². The Morgan fingerprint density at radius 3 is 2.36 bits per heavy atom. The highest BCUT2D eigenvalue weighted by molar-refractivity contribution is 5.96. The summed E-state index contributed by atoms with van der Waals surface area (Å²) < 4.78 is 10.2. The van der Waals surface area contributed by atoms with Crippen molar-refractivity contribution in [1.29, 1.82) is 0 Å². The average Bonchev–Trinajstić information content (AvgIpc) is 2.49. The highest BCUT2D eigenvalue weighted by Crippen LogP contribution is 2.26. The molecule has 0 radical (unpaired) electrons. The minimum absolute atomic E-state index is 0.264. The fourth-order valence-corrected chi connectivity index (χ4v) is 2.85. The molecule has 0 bridgehead atoms. The Hall–Kier alpha value is -2.57. The van der Waals surface area contributed by atoms with Gasteiger partial charge in [-0.3, -0.25) is 9.59 Å². The van der Waals surface area contributed by atoms with E-state index in [0.29, 0.717) is 19.3 Å². The number of hydrogen-bond donors (Lipinski definition) is 2. The molecule has 25 heavy (non-hydrogen) atoms. The minimum atomic E-state index is -1.23. The topological polar surface area (TPSA) is 102 Å². The number of carbonyl (C=O) groups excluding carboxylic acids is 2. The standard InChI is InChI=1S/C18H23NO6/c1-18(2)24-15(20)14(16(21)25-18)10-6-9-13(19-17(22)23)11-12-7-4-3-5-8-12/h3-5,7-8,13-14,19H,6,9-11H2,1-2H3,(H,22,23). The second-order valence-corrected chi connectivity index (χ2v) is 6.56. The van der Waals surface area contributed by atoms with E-state index in [-0.39, 0.29) is 12.5 Å². The van der Waals surface area contributed by atoms with Crippen LogP contribution in [0.2, 0.25) is 0 Å². The van der Waals surface area contributed by atoms with E-state index in [9.17, 15) is 14.4 Å². The Morgan fingerprint density at radius 1 is 1.20 bits per heavy atom. The molecule has 0 aromatic heterocycles. The molecule has 7 heteroatoms. The summed E-state index contributed by atoms with van der Waals surface area (Å²) in [5.41, 5.74) is 1.01. The molecule has 136 valence electrons. The fraction of sp³-hybridized carbons (Fsp3) is 0.500. The fourth-order valence-electron chi connectivity index (χ4n) is 2.85. The lowest BCUT2D eigenvalue weighted by molar-refractivity contribution is -0.240. The van der Waals surface area contributed by atoms with Crippen LogP contribution in [0.25, 0.3) is 0 Å². The molecular formula is C18H23NO6. The Kier molecular flexibility index (Phi) is 6.01. The van der Waals surface area contributed by atoms with Gasteiger partial charge in [0, 0.05) is 19.9 Å². The average molecular weight is 349 g/mol. The number of amides is 1. The maximum atomic E-state index is 11.9. The predicted molar refractivity (Wildman–Crippen MR) is 88.7 cm³/mol. The number of rotatable bonds is 7. The molecule has 1 fully saturated rings. The first-order chi connectivity index (χ1) is 11.8. The van der Waals surface area contributed by atoms with Gasteiger partial charge in [0.05, 0.1) is 0 Å². The van der Waals surface area contributed by atoms with Gasteiger partial charge in [0.1, 0.15) is 0 Å². The molecule has 1 aliphatic rings. The number of ether oxygens (including phenoxy) is 2. The molecule has 1 aliphatic heterocycles. The third-order valence-corrected chi connectivity index (χ3v) is 3.96. The maximum Gasteiger partial charge on any atom is 0.404 e. The number of carbonyl (C=O) groups is 3. The van der Waals surface area contributed by atoms with Gasteiger partial charge in [-0.05, 0) is 31.2 Å². The van der Waals surface area contributed by atoms with Crippen molar-refractivity contribution in [3.8, 4) is 0 Å². The Bertz CT molecular complexity index is 608. The van der Waals surface area contributed by atoms with Crippen LogP contribution in [0.1, 0.15) is 38.7 Å². The van der Waals surface area contributed by atoms with E-state index >= 15 is 0 Å². The molecule has 7 nitrogen and oxygen atoms in total. The van der Waals surface area contributed by atoms with Gasteiger partial charge >= 0.3 is 18.0 Å². The molecule has 2 N–H and O–H groups in total. The quantitative estimate of drug-likeness (QED) is 0.579. The summed E-state index contributed by atoms with van der Waals surface area (Å²) in [6, 6.07) is 9.23. The number of cyclic esters (lactones) is 2. The minimum Gasteiger partial charge on any atom is -0.465 e. The number of hydrogen-bond acceptors (Lipinski definition) is 5. The number of benzene rings is 1. The van der Waals surface area contributed by atoms with Crippen LogP contribution in [0, 0.1) is 5.92 Å². The number of nitrogens with one attached hydrogen (secondary N) is 1. The van der Waals surface area contributed by atoms with E-state index in [2.05, 4.69) is 5.32 Å². The molecule has 1 aromatic carbocycles. The summed E-state index contributed by atoms with van der Waals surface area (Å²) in [6.45, 7) is 3.01. The highest BCUT2D eigenvalue weighted by atomic mass is 16.7. The van der Waals surface area contributed by atoms with Crippen molar-refractivity contribution >= 4 is 18.0 Å². The van der Waals surface area contributed by atoms with E-state index in [1.54, 1.807) is 0 Å². The van der Waals surface area contributed by atoms with Crippen molar-refractivity contribution in [3.63, 3.8) is 0 Å². The zero-order valence-electron chi connectivity index (χ0n) is 14.4. The molecule has 1 saturated heterocycles. The second kappa shape index (κ2) is 8.00. The third-order valence-electron chi connectivity index (χ3n) is 3.96. The lowest BCUT2D eigenvalue weighted by atomic mass is 9.96. The van der Waals surface area contributed by atoms with Crippen LogP contribution in [-0.2, 0) is 25.5 Å². The van der Waals surface area contributed by atoms with E-state index in [1.807, 2.05) is 30.3 Å². The summed E-state index contributed by atoms with van der Waals surface area (Å²) in [6.07, 6.45) is 0.702. The summed E-state index contributed by atoms with van der Waals surface area (Å²) in [7, 11) is 0. The van der Waals surface area contributed by atoms with Crippen LogP contribution in [0.5, 0.6) is 0 Å². The van der Waals surface area contributed by atoms with Crippen LogP contribution >= 0.6 is 0 Å². The monoisotopic (exact) mass is 349 g/mol. The van der Waals surface area contributed by atoms with E-state index in [4.69, 9.17) is 14.6 Å². The summed E-state index contributed by atoms with van der Waals surface area (Å²) in [4.78, 5) is 34.8. The van der Waals surface area contributed by atoms with Gasteiger partial charge in [0.25, 0.3) is 5.79 Å². The van der Waals surface area contributed by atoms with Crippen molar-refractivity contribution in [3.05, 3.63) is 35.9 Å². The second-order valence-electron chi connectivity index (χ2n) is 6.56. The van der Waals surface area contributed by atoms with Gasteiger partial charge in [-0.1, -0.05) is 30.3 Å².